The summed E-state index contributed by atoms with van der Waals surface area (Å²) in [4.78, 5) is 14.8. The quantitative estimate of drug-likeness (QED) is 0.740. The number of terminal acetylenes is 1. The van der Waals surface area contributed by atoms with Crippen LogP contribution in [0.1, 0.15) is 63.2 Å². The SMILES string of the molecule is C#CCCC1(CCC(=O)N2CC3(CCCC3)C2c2ccco2)N=N1. The molecular weight excluding hydrogens is 302 g/mol. The van der Waals surface area contributed by atoms with E-state index in [4.69, 9.17) is 10.8 Å². The molecule has 1 aromatic heterocycles. The van der Waals surface area contributed by atoms with E-state index in [2.05, 4.69) is 16.1 Å². The van der Waals surface area contributed by atoms with Crippen molar-refractivity contribution in [2.24, 2.45) is 15.6 Å². The van der Waals surface area contributed by atoms with Crippen molar-refractivity contribution in [1.82, 2.24) is 4.90 Å². The normalized spacial score (nSPS) is 25.5. The summed E-state index contributed by atoms with van der Waals surface area (Å²) in [6.07, 6.45) is 14.5. The number of nitrogens with zero attached hydrogens (tertiary/aromatic N) is 3. The van der Waals surface area contributed by atoms with Crippen LogP contribution in [0.25, 0.3) is 0 Å². The van der Waals surface area contributed by atoms with Crippen molar-refractivity contribution in [3.05, 3.63) is 24.2 Å². The highest BCUT2D eigenvalue weighted by Crippen LogP contribution is 2.58. The van der Waals surface area contributed by atoms with Crippen molar-refractivity contribution in [3.63, 3.8) is 0 Å². The van der Waals surface area contributed by atoms with Crippen molar-refractivity contribution in [1.29, 1.82) is 0 Å². The van der Waals surface area contributed by atoms with Crippen molar-refractivity contribution in [2.45, 2.75) is 63.1 Å². The Balaban J connectivity index is 1.40. The first-order valence-corrected chi connectivity index (χ1v) is 8.89. The number of furan rings is 1. The van der Waals surface area contributed by atoms with Crippen LogP contribution in [0.15, 0.2) is 33.0 Å². The van der Waals surface area contributed by atoms with Gasteiger partial charge in [-0.05, 0) is 25.0 Å². The molecule has 1 saturated heterocycles. The molecule has 3 aliphatic rings. The fraction of sp³-hybridized carbons (Fsp3) is 0.632. The maximum absolute atomic E-state index is 12.8. The Morgan fingerprint density at radius 3 is 2.79 bits per heavy atom. The highest BCUT2D eigenvalue weighted by Gasteiger charge is 2.57. The van der Waals surface area contributed by atoms with E-state index in [1.54, 1.807) is 6.26 Å². The molecule has 1 amide bonds. The monoisotopic (exact) mass is 325 g/mol. The first kappa shape index (κ1) is 15.4. The van der Waals surface area contributed by atoms with Gasteiger partial charge in [-0.15, -0.1) is 12.3 Å². The largest absolute Gasteiger partial charge is 0.467 e. The molecular formula is C19H23N3O2. The second-order valence-electron chi connectivity index (χ2n) is 7.40. The summed E-state index contributed by atoms with van der Waals surface area (Å²) in [5.74, 6) is 3.74. The number of rotatable bonds is 6. The Morgan fingerprint density at radius 1 is 1.38 bits per heavy atom. The predicted molar refractivity (Wildman–Crippen MR) is 89.0 cm³/mol. The topological polar surface area (TPSA) is 58.2 Å². The highest BCUT2D eigenvalue weighted by molar-refractivity contribution is 5.78. The first-order chi connectivity index (χ1) is 11.7. The van der Waals surface area contributed by atoms with Crippen molar-refractivity contribution < 1.29 is 9.21 Å². The Morgan fingerprint density at radius 2 is 2.17 bits per heavy atom. The highest BCUT2D eigenvalue weighted by atomic mass is 16.3. The molecule has 1 unspecified atom stereocenters. The van der Waals surface area contributed by atoms with Gasteiger partial charge in [0.1, 0.15) is 5.76 Å². The first-order valence-electron chi connectivity index (χ1n) is 8.89. The van der Waals surface area contributed by atoms with Gasteiger partial charge in [-0.3, -0.25) is 4.79 Å². The lowest BCUT2D eigenvalue weighted by atomic mass is 9.69. The predicted octanol–water partition coefficient (Wildman–Crippen LogP) is 4.08. The zero-order chi connectivity index (χ0) is 16.6. The molecule has 4 rings (SSSR count). The minimum Gasteiger partial charge on any atom is -0.467 e. The lowest BCUT2D eigenvalue weighted by Crippen LogP contribution is -2.59. The van der Waals surface area contributed by atoms with Gasteiger partial charge < -0.3 is 9.32 Å². The minimum absolute atomic E-state index is 0.109. The number of carbonyl (C=O) groups is 1. The van der Waals surface area contributed by atoms with E-state index < -0.39 is 0 Å². The molecule has 24 heavy (non-hydrogen) atoms. The lowest BCUT2D eigenvalue weighted by Gasteiger charge is -2.55. The van der Waals surface area contributed by atoms with Crippen LogP contribution in [0.3, 0.4) is 0 Å². The minimum atomic E-state index is -0.377. The third-order valence-corrected chi connectivity index (χ3v) is 5.90. The zero-order valence-corrected chi connectivity index (χ0v) is 13.9. The number of carbonyl (C=O) groups excluding carboxylic acids is 1. The molecule has 1 atom stereocenters. The van der Waals surface area contributed by atoms with E-state index in [0.717, 1.165) is 18.7 Å². The van der Waals surface area contributed by atoms with Gasteiger partial charge in [-0.25, -0.2) is 0 Å². The summed E-state index contributed by atoms with van der Waals surface area (Å²) >= 11 is 0. The Hall–Kier alpha value is -2.09. The van der Waals surface area contributed by atoms with Crippen LogP contribution in [-0.2, 0) is 4.79 Å². The van der Waals surface area contributed by atoms with Crippen LogP contribution in [0, 0.1) is 17.8 Å². The summed E-state index contributed by atoms with van der Waals surface area (Å²) in [5.41, 5.74) is -0.138. The molecule has 5 nitrogen and oxygen atoms in total. The van der Waals surface area contributed by atoms with Gasteiger partial charge in [-0.2, -0.15) is 10.2 Å². The molecule has 3 heterocycles. The smallest absolute Gasteiger partial charge is 0.223 e. The molecule has 0 aromatic carbocycles. The fourth-order valence-electron chi connectivity index (χ4n) is 4.50. The van der Waals surface area contributed by atoms with Crippen LogP contribution < -0.4 is 0 Å². The molecule has 0 bridgehead atoms. The summed E-state index contributed by atoms with van der Waals surface area (Å²) < 4.78 is 5.66. The van der Waals surface area contributed by atoms with Gasteiger partial charge in [0, 0.05) is 37.6 Å². The average molecular weight is 325 g/mol. The zero-order valence-electron chi connectivity index (χ0n) is 13.9. The summed E-state index contributed by atoms with van der Waals surface area (Å²) in [6, 6.07) is 4.03. The van der Waals surface area contributed by atoms with E-state index in [-0.39, 0.29) is 23.0 Å². The third-order valence-electron chi connectivity index (χ3n) is 5.90. The van der Waals surface area contributed by atoms with Gasteiger partial charge in [-0.1, -0.05) is 12.8 Å². The van der Waals surface area contributed by atoms with Gasteiger partial charge in [0.15, 0.2) is 5.66 Å². The van der Waals surface area contributed by atoms with Crippen molar-refractivity contribution in [2.75, 3.05) is 6.54 Å². The Kier molecular flexibility index (Phi) is 3.71. The Labute approximate surface area is 142 Å². The standard InChI is InChI=1S/C19H23N3O2/c1-2-3-11-19(20-21-19)12-8-16(23)22-14-18(9-4-5-10-18)17(22)15-7-6-13-24-15/h1,6-7,13,17H,3-5,8-12,14H2. The molecule has 2 aliphatic heterocycles. The van der Waals surface area contributed by atoms with E-state index >= 15 is 0 Å². The van der Waals surface area contributed by atoms with E-state index in [1.165, 1.54) is 25.7 Å². The van der Waals surface area contributed by atoms with Gasteiger partial charge >= 0.3 is 0 Å². The molecule has 2 fully saturated rings. The summed E-state index contributed by atoms with van der Waals surface area (Å²) in [5, 5.41) is 8.25. The van der Waals surface area contributed by atoms with Crippen LogP contribution in [0.4, 0.5) is 0 Å². The van der Waals surface area contributed by atoms with Crippen LogP contribution in [-0.4, -0.2) is 23.0 Å². The molecule has 126 valence electrons. The molecule has 1 aromatic rings. The van der Waals surface area contributed by atoms with E-state index in [9.17, 15) is 4.79 Å². The summed E-state index contributed by atoms with van der Waals surface area (Å²) in [6.45, 7) is 0.864. The molecule has 1 aliphatic carbocycles. The fourth-order valence-corrected chi connectivity index (χ4v) is 4.50. The van der Waals surface area contributed by atoms with Gasteiger partial charge in [0.05, 0.1) is 12.3 Å². The van der Waals surface area contributed by atoms with Gasteiger partial charge in [0.25, 0.3) is 0 Å². The van der Waals surface area contributed by atoms with Gasteiger partial charge in [0.2, 0.25) is 5.91 Å². The van der Waals surface area contributed by atoms with Crippen LogP contribution >= 0.6 is 0 Å². The molecule has 1 saturated carbocycles. The lowest BCUT2D eigenvalue weighted by molar-refractivity contribution is -0.157. The molecule has 0 N–H and O–H groups in total. The molecule has 5 heteroatoms. The maximum atomic E-state index is 12.8. The van der Waals surface area contributed by atoms with Crippen LogP contribution in [0.5, 0.6) is 0 Å². The summed E-state index contributed by atoms with van der Waals surface area (Å²) in [7, 11) is 0. The number of amides is 1. The van der Waals surface area contributed by atoms with Crippen molar-refractivity contribution in [3.8, 4) is 12.3 Å². The average Bonchev–Trinajstić information content (AvgIpc) is 2.97. The number of likely N-dealkylation sites (tertiary alicyclic amines) is 1. The third kappa shape index (κ3) is 2.54. The number of hydrogen-bond donors (Lipinski definition) is 0. The number of hydrogen-bond acceptors (Lipinski definition) is 4. The Bertz CT molecular complexity index is 674. The maximum Gasteiger partial charge on any atom is 0.223 e. The van der Waals surface area contributed by atoms with E-state index in [0.29, 0.717) is 19.3 Å². The van der Waals surface area contributed by atoms with Crippen molar-refractivity contribution >= 4 is 5.91 Å². The van der Waals surface area contributed by atoms with Crippen LogP contribution in [0.2, 0.25) is 0 Å². The second kappa shape index (κ2) is 5.77. The molecule has 1 spiro atoms. The molecule has 0 radical (unpaired) electrons. The van der Waals surface area contributed by atoms with E-state index in [1.807, 2.05) is 17.0 Å². The second-order valence-corrected chi connectivity index (χ2v) is 7.40.